The lowest BCUT2D eigenvalue weighted by atomic mass is 9.61. The molecule has 194 valence electrons. The van der Waals surface area contributed by atoms with E-state index in [1.165, 1.54) is 11.1 Å². The van der Waals surface area contributed by atoms with Crippen LogP contribution in [0.25, 0.3) is 0 Å². The number of nitrogens with zero attached hydrogens (tertiary/aromatic N) is 1. The molecule has 5 heteroatoms. The van der Waals surface area contributed by atoms with E-state index in [9.17, 15) is 9.59 Å². The van der Waals surface area contributed by atoms with E-state index in [1.54, 1.807) is 0 Å². The smallest absolute Gasteiger partial charge is 0.251 e. The van der Waals surface area contributed by atoms with Crippen LogP contribution in [0.2, 0.25) is 0 Å². The maximum atomic E-state index is 14.6. The van der Waals surface area contributed by atoms with Gasteiger partial charge in [-0.2, -0.15) is 0 Å². The molecule has 2 amide bonds. The van der Waals surface area contributed by atoms with Gasteiger partial charge in [0.05, 0.1) is 18.0 Å². The summed E-state index contributed by atoms with van der Waals surface area (Å²) in [6, 6.07) is 28.7. The number of benzene rings is 3. The van der Waals surface area contributed by atoms with E-state index in [-0.39, 0.29) is 35.9 Å². The Morgan fingerprint density at radius 3 is 2.18 bits per heavy atom. The quantitative estimate of drug-likeness (QED) is 0.459. The van der Waals surface area contributed by atoms with Crippen LogP contribution in [0.5, 0.6) is 0 Å². The van der Waals surface area contributed by atoms with Gasteiger partial charge in [0.15, 0.2) is 0 Å². The van der Waals surface area contributed by atoms with Gasteiger partial charge >= 0.3 is 0 Å². The topological polar surface area (TPSA) is 61.4 Å². The van der Waals surface area contributed by atoms with Gasteiger partial charge in [0.1, 0.15) is 0 Å². The van der Waals surface area contributed by atoms with Crippen molar-refractivity contribution in [1.29, 1.82) is 0 Å². The standard InChI is InChI=1S/C33H35N3O2/c37-32(24-11-5-2-6-12-24)35-30-23-17-15-21(16-18-23)28(30)33(38)36-20-19-26-29(22-9-3-1-4-10-22)34-27-14-8-7-13-25(27)31(26)36/h1-14,21,23,26,28-31,34H,15-20H2,(H,35,37)/t21?,23?,26-,28+,29+,30-,31+/m1/s1. The lowest BCUT2D eigenvalue weighted by molar-refractivity contribution is -0.144. The SMILES string of the molecule is O=C(N[C@@H]1C2CCC(CC2)[C@@H]1C(=O)N1CC[C@@H]2[C@H](c3ccccc3)Nc3ccccc3[C@@H]21)c1ccccc1. The van der Waals surface area contributed by atoms with Crippen molar-refractivity contribution in [1.82, 2.24) is 10.2 Å². The molecule has 0 radical (unpaired) electrons. The van der Waals surface area contributed by atoms with Crippen molar-refractivity contribution in [2.45, 2.75) is 50.2 Å². The Morgan fingerprint density at radius 2 is 1.42 bits per heavy atom. The first kappa shape index (κ1) is 23.5. The van der Waals surface area contributed by atoms with Gasteiger partial charge in [-0.15, -0.1) is 0 Å². The van der Waals surface area contributed by atoms with E-state index < -0.39 is 0 Å². The number of likely N-dealkylation sites (tertiary alicyclic amines) is 1. The van der Waals surface area contributed by atoms with Crippen molar-refractivity contribution in [3.63, 3.8) is 0 Å². The fourth-order valence-corrected chi connectivity index (χ4v) is 7.99. The van der Waals surface area contributed by atoms with Crippen molar-refractivity contribution in [3.8, 4) is 0 Å². The van der Waals surface area contributed by atoms with Gasteiger partial charge in [-0.1, -0.05) is 66.7 Å². The highest BCUT2D eigenvalue weighted by Crippen LogP contribution is 2.53. The predicted molar refractivity (Wildman–Crippen MR) is 148 cm³/mol. The van der Waals surface area contributed by atoms with Crippen LogP contribution in [0.1, 0.15) is 65.7 Å². The van der Waals surface area contributed by atoms with Gasteiger partial charge in [0.25, 0.3) is 5.91 Å². The van der Waals surface area contributed by atoms with Crippen molar-refractivity contribution in [3.05, 3.63) is 102 Å². The predicted octanol–water partition coefficient (Wildman–Crippen LogP) is 5.98. The average Bonchev–Trinajstić information content (AvgIpc) is 3.43. The molecule has 3 aromatic rings. The first-order chi connectivity index (χ1) is 18.7. The third kappa shape index (κ3) is 3.91. The lowest BCUT2D eigenvalue weighted by Crippen LogP contribution is -2.58. The Bertz CT molecular complexity index is 1320. The highest BCUT2D eigenvalue weighted by molar-refractivity contribution is 5.95. The first-order valence-corrected chi connectivity index (χ1v) is 14.3. The largest absolute Gasteiger partial charge is 0.378 e. The molecule has 5 aliphatic rings. The number of nitrogens with one attached hydrogen (secondary N) is 2. The monoisotopic (exact) mass is 505 g/mol. The summed E-state index contributed by atoms with van der Waals surface area (Å²) in [4.78, 5) is 30.0. The highest BCUT2D eigenvalue weighted by Gasteiger charge is 2.53. The zero-order chi connectivity index (χ0) is 25.6. The number of fused-ring (bicyclic) bond motifs is 6. The number of hydrogen-bond donors (Lipinski definition) is 2. The van der Waals surface area contributed by atoms with Crippen LogP contribution in [0.3, 0.4) is 0 Å². The molecular formula is C33H35N3O2. The molecule has 2 bridgehead atoms. The van der Waals surface area contributed by atoms with Gasteiger partial charge in [-0.25, -0.2) is 0 Å². The minimum Gasteiger partial charge on any atom is -0.378 e. The number of amides is 2. The summed E-state index contributed by atoms with van der Waals surface area (Å²) in [6.07, 6.45) is 5.35. The summed E-state index contributed by atoms with van der Waals surface area (Å²) in [5, 5.41) is 7.16. The van der Waals surface area contributed by atoms with E-state index in [0.717, 1.165) is 44.3 Å². The molecule has 2 N–H and O–H groups in total. The molecule has 0 unspecified atom stereocenters. The Kier molecular flexibility index (Phi) is 5.95. The van der Waals surface area contributed by atoms with Crippen molar-refractivity contribution < 1.29 is 9.59 Å². The molecule has 5 atom stereocenters. The molecule has 0 spiro atoms. The fourth-order valence-electron chi connectivity index (χ4n) is 7.99. The summed E-state index contributed by atoms with van der Waals surface area (Å²) in [5.41, 5.74) is 4.29. The molecular weight excluding hydrogens is 470 g/mol. The van der Waals surface area contributed by atoms with E-state index in [1.807, 2.05) is 30.3 Å². The minimum atomic E-state index is -0.147. The fraction of sp³-hybridized carbons (Fsp3) is 0.394. The normalized spacial score (nSPS) is 31.2. The third-order valence-corrected chi connectivity index (χ3v) is 9.74. The van der Waals surface area contributed by atoms with Crippen LogP contribution >= 0.6 is 0 Å². The number of hydrogen-bond acceptors (Lipinski definition) is 3. The highest BCUT2D eigenvalue weighted by atomic mass is 16.2. The van der Waals surface area contributed by atoms with Crippen molar-refractivity contribution in [2.24, 2.45) is 23.7 Å². The van der Waals surface area contributed by atoms with Crippen molar-refractivity contribution in [2.75, 3.05) is 11.9 Å². The second kappa shape index (κ2) is 9.61. The van der Waals surface area contributed by atoms with E-state index in [0.29, 0.717) is 23.3 Å². The summed E-state index contributed by atoms with van der Waals surface area (Å²) in [7, 11) is 0. The van der Waals surface area contributed by atoms with Gasteiger partial charge < -0.3 is 15.5 Å². The molecule has 2 heterocycles. The Labute approximate surface area is 224 Å². The molecule has 3 saturated carbocycles. The maximum Gasteiger partial charge on any atom is 0.251 e. The molecule has 0 aromatic heterocycles. The van der Waals surface area contributed by atoms with E-state index in [2.05, 4.69) is 70.1 Å². The number of carbonyl (C=O) groups excluding carboxylic acids is 2. The van der Waals surface area contributed by atoms with Crippen LogP contribution < -0.4 is 10.6 Å². The summed E-state index contributed by atoms with van der Waals surface area (Å²) in [6.45, 7) is 0.765. The van der Waals surface area contributed by atoms with Crippen molar-refractivity contribution >= 4 is 17.5 Å². The molecule has 38 heavy (non-hydrogen) atoms. The number of anilines is 1. The zero-order valence-electron chi connectivity index (χ0n) is 21.6. The van der Waals surface area contributed by atoms with Crippen LogP contribution in [-0.2, 0) is 4.79 Å². The van der Waals surface area contributed by atoms with Crippen LogP contribution in [0.15, 0.2) is 84.9 Å². The Hall–Kier alpha value is -3.60. The van der Waals surface area contributed by atoms with E-state index >= 15 is 0 Å². The lowest BCUT2D eigenvalue weighted by Gasteiger charge is -2.50. The second-order valence-electron chi connectivity index (χ2n) is 11.6. The summed E-state index contributed by atoms with van der Waals surface area (Å²) >= 11 is 0. The zero-order valence-corrected chi connectivity index (χ0v) is 21.6. The number of carbonyl (C=O) groups is 2. The van der Waals surface area contributed by atoms with Gasteiger partial charge in [0, 0.05) is 29.8 Å². The molecule has 4 fully saturated rings. The first-order valence-electron chi connectivity index (χ1n) is 14.3. The van der Waals surface area contributed by atoms with E-state index in [4.69, 9.17) is 0 Å². The molecule has 8 rings (SSSR count). The number of rotatable bonds is 4. The van der Waals surface area contributed by atoms with Gasteiger partial charge in [-0.05, 0) is 73.3 Å². The Morgan fingerprint density at radius 1 is 0.763 bits per heavy atom. The molecule has 1 saturated heterocycles. The van der Waals surface area contributed by atoms with Crippen LogP contribution in [-0.4, -0.2) is 29.3 Å². The third-order valence-electron chi connectivity index (χ3n) is 9.74. The average molecular weight is 506 g/mol. The molecule has 2 aliphatic heterocycles. The van der Waals surface area contributed by atoms with Crippen LogP contribution in [0.4, 0.5) is 5.69 Å². The van der Waals surface area contributed by atoms with Gasteiger partial charge in [0.2, 0.25) is 5.91 Å². The minimum absolute atomic E-state index is 0.0519. The maximum absolute atomic E-state index is 14.6. The molecule has 5 nitrogen and oxygen atoms in total. The molecule has 3 aromatic carbocycles. The summed E-state index contributed by atoms with van der Waals surface area (Å²) < 4.78 is 0. The Balaban J connectivity index is 1.21. The molecule has 3 aliphatic carbocycles. The summed E-state index contributed by atoms with van der Waals surface area (Å²) in [5.74, 6) is 1.07. The number of para-hydroxylation sites is 1. The second-order valence-corrected chi connectivity index (χ2v) is 11.6. The van der Waals surface area contributed by atoms with Gasteiger partial charge in [-0.3, -0.25) is 9.59 Å². The van der Waals surface area contributed by atoms with Crippen LogP contribution in [0, 0.1) is 23.7 Å².